The molecule has 0 amide bonds. The summed E-state index contributed by atoms with van der Waals surface area (Å²) in [5.74, 6) is 0.368. The second-order valence-corrected chi connectivity index (χ2v) is 4.16. The van der Waals surface area contributed by atoms with E-state index >= 15 is 0 Å². The average Bonchev–Trinajstić information content (AvgIpc) is 2.07. The molecule has 0 spiro atoms. The first kappa shape index (κ1) is 17.0. The Kier molecular flexibility index (Phi) is 9.54. The minimum atomic E-state index is -4.64. The van der Waals surface area contributed by atoms with E-state index in [-0.39, 0.29) is 25.0 Å². The van der Waals surface area contributed by atoms with Crippen LogP contribution in [0.2, 0.25) is 0 Å². The van der Waals surface area contributed by atoms with E-state index in [9.17, 15) is 0 Å². The van der Waals surface area contributed by atoms with Crippen molar-refractivity contribution in [3.05, 3.63) is 0 Å². The van der Waals surface area contributed by atoms with Gasteiger partial charge in [0, 0.05) is 17.2 Å². The molecule has 0 heterocycles. The van der Waals surface area contributed by atoms with Gasteiger partial charge in [-0.15, -0.1) is 23.2 Å². The normalized spacial score (nSPS) is 11.9. The number of phosphoric acid groups is 1. The highest BCUT2D eigenvalue weighted by atomic mass is 35.5. The van der Waals surface area contributed by atoms with E-state index in [0.717, 1.165) is 0 Å². The van der Waals surface area contributed by atoms with Gasteiger partial charge in [-0.25, -0.2) is 4.57 Å². The van der Waals surface area contributed by atoms with Gasteiger partial charge in [0.25, 0.3) is 0 Å². The van der Waals surface area contributed by atoms with Crippen LogP contribution in [0.3, 0.4) is 0 Å². The maximum Gasteiger partial charge on any atom is 0.466 e. The van der Waals surface area contributed by atoms with Crippen molar-refractivity contribution in [3.63, 3.8) is 0 Å². The lowest BCUT2D eigenvalue weighted by molar-refractivity contribution is 0.0912. The second kappa shape index (κ2) is 7.84. The Morgan fingerprint density at radius 2 is 1.21 bits per heavy atom. The topological polar surface area (TPSA) is 118 Å². The first-order valence-corrected chi connectivity index (χ1v) is 6.00. The van der Waals surface area contributed by atoms with Crippen LogP contribution in [0.4, 0.5) is 0 Å². The van der Waals surface area contributed by atoms with Crippen LogP contribution in [-0.4, -0.2) is 49.9 Å². The average molecular weight is 271 g/mol. The summed E-state index contributed by atoms with van der Waals surface area (Å²) in [5.41, 5.74) is -0.691. The molecule has 0 bridgehead atoms. The van der Waals surface area contributed by atoms with Gasteiger partial charge in [-0.1, -0.05) is 0 Å². The van der Waals surface area contributed by atoms with E-state index in [2.05, 4.69) is 0 Å². The third-order valence-electron chi connectivity index (χ3n) is 1.24. The molecular formula is C5H13Cl2O6P. The van der Waals surface area contributed by atoms with Crippen molar-refractivity contribution in [1.29, 1.82) is 0 Å². The van der Waals surface area contributed by atoms with E-state index < -0.39 is 13.2 Å². The molecule has 5 N–H and O–H groups in total. The molecule has 14 heavy (non-hydrogen) atoms. The largest absolute Gasteiger partial charge is 0.466 e. The molecule has 0 aromatic rings. The van der Waals surface area contributed by atoms with Crippen LogP contribution in [0.15, 0.2) is 0 Å². The maximum atomic E-state index is 8.88. The lowest BCUT2D eigenvalue weighted by atomic mass is 9.96. The summed E-state index contributed by atoms with van der Waals surface area (Å²) in [4.78, 5) is 21.6. The molecule has 0 fully saturated rings. The van der Waals surface area contributed by atoms with Crippen molar-refractivity contribution in [1.82, 2.24) is 0 Å². The number of alkyl halides is 2. The van der Waals surface area contributed by atoms with Gasteiger partial charge in [0.2, 0.25) is 0 Å². The first-order valence-electron chi connectivity index (χ1n) is 3.36. The predicted octanol–water partition coefficient (Wildman–Crippen LogP) is -0.494. The van der Waals surface area contributed by atoms with Crippen molar-refractivity contribution in [2.45, 2.75) is 0 Å². The quantitative estimate of drug-likeness (QED) is 0.347. The molecular weight excluding hydrogens is 258 g/mol. The van der Waals surface area contributed by atoms with Gasteiger partial charge in [0.05, 0.1) is 13.2 Å². The fourth-order valence-corrected chi connectivity index (χ4v) is 0.879. The Balaban J connectivity index is 0. The zero-order valence-electron chi connectivity index (χ0n) is 7.18. The van der Waals surface area contributed by atoms with Gasteiger partial charge in [0.15, 0.2) is 0 Å². The number of hydrogen-bond donors (Lipinski definition) is 5. The summed E-state index contributed by atoms with van der Waals surface area (Å²) in [6, 6.07) is 0. The lowest BCUT2D eigenvalue weighted by Gasteiger charge is -2.23. The highest BCUT2D eigenvalue weighted by molar-refractivity contribution is 7.45. The minimum absolute atomic E-state index is 0.170. The molecule has 0 aliphatic rings. The van der Waals surface area contributed by atoms with Crippen LogP contribution in [-0.2, 0) is 4.57 Å². The van der Waals surface area contributed by atoms with Crippen molar-refractivity contribution < 1.29 is 29.5 Å². The summed E-state index contributed by atoms with van der Waals surface area (Å²) in [6.07, 6.45) is 0. The summed E-state index contributed by atoms with van der Waals surface area (Å²) >= 11 is 10.8. The van der Waals surface area contributed by atoms with Crippen molar-refractivity contribution >= 4 is 31.0 Å². The fraction of sp³-hybridized carbons (Fsp3) is 1.00. The minimum Gasteiger partial charge on any atom is -0.396 e. The number of halogens is 2. The molecule has 6 nitrogen and oxygen atoms in total. The number of rotatable bonds is 4. The third kappa shape index (κ3) is 10.7. The molecule has 0 aliphatic heterocycles. The van der Waals surface area contributed by atoms with Gasteiger partial charge >= 0.3 is 7.82 Å². The monoisotopic (exact) mass is 270 g/mol. The summed E-state index contributed by atoms with van der Waals surface area (Å²) in [7, 11) is -4.64. The molecule has 0 aromatic carbocycles. The van der Waals surface area contributed by atoms with Crippen LogP contribution in [0.25, 0.3) is 0 Å². The molecule has 0 unspecified atom stereocenters. The fourth-order valence-electron chi connectivity index (χ4n) is 0.255. The Morgan fingerprint density at radius 1 is 1.00 bits per heavy atom. The SMILES string of the molecule is O=P(O)(O)O.OCC(CO)(CCl)CCl. The summed E-state index contributed by atoms with van der Waals surface area (Å²) in [6.45, 7) is -0.340. The van der Waals surface area contributed by atoms with E-state index in [0.29, 0.717) is 0 Å². The van der Waals surface area contributed by atoms with Crippen LogP contribution in [0.1, 0.15) is 0 Å². The number of aliphatic hydroxyl groups is 2. The highest BCUT2D eigenvalue weighted by Crippen LogP contribution is 2.25. The van der Waals surface area contributed by atoms with Gasteiger partial charge in [0.1, 0.15) is 0 Å². The molecule has 9 heteroatoms. The molecule has 0 atom stereocenters. The van der Waals surface area contributed by atoms with Gasteiger partial charge in [-0.05, 0) is 0 Å². The molecule has 0 rings (SSSR count). The van der Waals surface area contributed by atoms with Crippen molar-refractivity contribution in [2.75, 3.05) is 25.0 Å². The van der Waals surface area contributed by atoms with Crippen LogP contribution >= 0.6 is 31.0 Å². The van der Waals surface area contributed by atoms with Crippen molar-refractivity contribution in [3.8, 4) is 0 Å². The van der Waals surface area contributed by atoms with Gasteiger partial charge in [-0.2, -0.15) is 0 Å². The zero-order chi connectivity index (χ0) is 11.8. The molecule has 0 saturated carbocycles. The van der Waals surface area contributed by atoms with Crippen LogP contribution in [0.5, 0.6) is 0 Å². The third-order valence-corrected chi connectivity index (χ3v) is 2.37. The Labute approximate surface area is 91.3 Å². The molecule has 0 aliphatic carbocycles. The van der Waals surface area contributed by atoms with E-state index in [4.69, 9.17) is 52.7 Å². The maximum absolute atomic E-state index is 8.88. The lowest BCUT2D eigenvalue weighted by Crippen LogP contribution is -2.33. The summed E-state index contributed by atoms with van der Waals surface area (Å²) in [5, 5.41) is 17.3. The zero-order valence-corrected chi connectivity index (χ0v) is 9.58. The van der Waals surface area contributed by atoms with E-state index in [1.807, 2.05) is 0 Å². The smallest absolute Gasteiger partial charge is 0.396 e. The predicted molar refractivity (Wildman–Crippen MR) is 52.3 cm³/mol. The van der Waals surface area contributed by atoms with E-state index in [1.165, 1.54) is 0 Å². The highest BCUT2D eigenvalue weighted by Gasteiger charge is 2.26. The Morgan fingerprint density at radius 3 is 1.21 bits per heavy atom. The standard InChI is InChI=1S/C5H10Cl2O2.H3O4P/c6-1-5(2-7,3-8)4-9;1-5(2,3)4/h8-9H,1-4H2;(H3,1,2,3,4). The Bertz CT molecular complexity index is 153. The second-order valence-electron chi connectivity index (χ2n) is 2.60. The molecule has 88 valence electrons. The van der Waals surface area contributed by atoms with E-state index in [1.54, 1.807) is 0 Å². The molecule has 0 radical (unpaired) electrons. The van der Waals surface area contributed by atoms with Gasteiger partial charge < -0.3 is 24.9 Å². The van der Waals surface area contributed by atoms with Crippen molar-refractivity contribution in [2.24, 2.45) is 5.41 Å². The summed E-state index contributed by atoms with van der Waals surface area (Å²) < 4.78 is 8.88. The van der Waals surface area contributed by atoms with Crippen LogP contribution in [0, 0.1) is 5.41 Å². The number of aliphatic hydroxyl groups excluding tert-OH is 2. The number of hydrogen-bond acceptors (Lipinski definition) is 3. The van der Waals surface area contributed by atoms with Gasteiger partial charge in [-0.3, -0.25) is 0 Å². The molecule has 0 saturated heterocycles. The Hall–Kier alpha value is 0.610. The van der Waals surface area contributed by atoms with Crippen LogP contribution < -0.4 is 0 Å². The molecule has 0 aromatic heterocycles. The first-order chi connectivity index (χ1) is 6.24.